The van der Waals surface area contributed by atoms with Gasteiger partial charge in [-0.1, -0.05) is 15.9 Å². The Balaban J connectivity index is 1.94. The summed E-state index contributed by atoms with van der Waals surface area (Å²) in [6.45, 7) is 0. The summed E-state index contributed by atoms with van der Waals surface area (Å²) < 4.78 is 11.0. The molecule has 0 aliphatic carbocycles. The maximum atomic E-state index is 11.7. The van der Waals surface area contributed by atoms with Gasteiger partial charge in [-0.3, -0.25) is 20.4 Å². The van der Waals surface area contributed by atoms with Crippen LogP contribution >= 0.6 is 15.9 Å². The van der Waals surface area contributed by atoms with Crippen molar-refractivity contribution in [1.82, 2.24) is 10.9 Å². The second kappa shape index (κ2) is 7.46. The number of carbonyl (C=O) groups is 2. The third kappa shape index (κ3) is 4.23. The van der Waals surface area contributed by atoms with Crippen LogP contribution in [0, 0.1) is 0 Å². The molecule has 0 aliphatic heterocycles. The summed E-state index contributed by atoms with van der Waals surface area (Å²) in [5.74, 6) is -0.279. The topological polar surface area (TPSA) is 80.6 Å². The van der Waals surface area contributed by atoms with Crippen molar-refractivity contribution in [2.75, 3.05) is 7.11 Å². The molecule has 22 heavy (non-hydrogen) atoms. The summed E-state index contributed by atoms with van der Waals surface area (Å²) in [4.78, 5) is 23.2. The molecule has 0 radical (unpaired) electrons. The summed E-state index contributed by atoms with van der Waals surface area (Å²) in [7, 11) is 1.55. The Labute approximate surface area is 135 Å². The number of benzene rings is 1. The van der Waals surface area contributed by atoms with Gasteiger partial charge in [-0.25, -0.2) is 0 Å². The highest BCUT2D eigenvalue weighted by atomic mass is 79.9. The number of rotatable bonds is 4. The number of hydrogen-bond acceptors (Lipinski definition) is 4. The van der Waals surface area contributed by atoms with Crippen LogP contribution in [0.2, 0.25) is 0 Å². The molecule has 0 unspecified atom stereocenters. The molecule has 0 bridgehead atoms. The fraction of sp³-hybridized carbons (Fsp3) is 0.0667. The van der Waals surface area contributed by atoms with Crippen molar-refractivity contribution in [1.29, 1.82) is 0 Å². The highest BCUT2D eigenvalue weighted by molar-refractivity contribution is 9.10. The van der Waals surface area contributed by atoms with Crippen LogP contribution < -0.4 is 15.6 Å². The second-order valence-electron chi connectivity index (χ2n) is 4.14. The first-order valence-electron chi connectivity index (χ1n) is 6.25. The van der Waals surface area contributed by atoms with Gasteiger partial charge in [0, 0.05) is 16.1 Å². The second-order valence-corrected chi connectivity index (χ2v) is 5.06. The van der Waals surface area contributed by atoms with Crippen molar-refractivity contribution in [3.05, 3.63) is 58.5 Å². The molecule has 2 aromatic rings. The number of carbonyl (C=O) groups excluding carboxylic acids is 2. The number of amides is 2. The van der Waals surface area contributed by atoms with Crippen LogP contribution in [0.1, 0.15) is 16.1 Å². The van der Waals surface area contributed by atoms with Gasteiger partial charge in [0.1, 0.15) is 5.75 Å². The molecule has 114 valence electrons. The molecule has 7 heteroatoms. The number of furan rings is 1. The quantitative estimate of drug-likeness (QED) is 0.645. The molecule has 0 saturated heterocycles. The Hall–Kier alpha value is -2.54. The lowest BCUT2D eigenvalue weighted by Gasteiger charge is -2.05. The van der Waals surface area contributed by atoms with Crippen molar-refractivity contribution in [3.63, 3.8) is 0 Å². The fourth-order valence-electron chi connectivity index (χ4n) is 1.63. The zero-order chi connectivity index (χ0) is 15.9. The average molecular weight is 365 g/mol. The van der Waals surface area contributed by atoms with Crippen LogP contribution in [0.5, 0.6) is 5.75 Å². The van der Waals surface area contributed by atoms with Crippen molar-refractivity contribution in [2.45, 2.75) is 0 Å². The van der Waals surface area contributed by atoms with E-state index in [0.29, 0.717) is 5.75 Å². The molecule has 6 nitrogen and oxygen atoms in total. The van der Waals surface area contributed by atoms with Crippen LogP contribution in [0.3, 0.4) is 0 Å². The van der Waals surface area contributed by atoms with E-state index in [0.717, 1.165) is 10.0 Å². The molecule has 1 aromatic heterocycles. The molecule has 2 rings (SSSR count). The van der Waals surface area contributed by atoms with E-state index in [1.54, 1.807) is 25.3 Å². The van der Waals surface area contributed by atoms with Gasteiger partial charge >= 0.3 is 5.91 Å². The molecular formula is C15H13BrN2O4. The van der Waals surface area contributed by atoms with Crippen molar-refractivity contribution in [3.8, 4) is 5.75 Å². The van der Waals surface area contributed by atoms with Crippen LogP contribution in [-0.2, 0) is 4.79 Å². The Kier molecular flexibility index (Phi) is 5.37. The van der Waals surface area contributed by atoms with E-state index in [9.17, 15) is 9.59 Å². The van der Waals surface area contributed by atoms with E-state index < -0.39 is 11.8 Å². The number of halogens is 1. The summed E-state index contributed by atoms with van der Waals surface area (Å²) in [6.07, 6.45) is 4.24. The number of hydrazine groups is 1. The minimum Gasteiger partial charge on any atom is -0.496 e. The normalized spacial score (nSPS) is 10.5. The van der Waals surface area contributed by atoms with Crippen molar-refractivity contribution >= 4 is 33.8 Å². The fourth-order valence-corrected chi connectivity index (χ4v) is 2.01. The van der Waals surface area contributed by atoms with E-state index in [1.165, 1.54) is 18.4 Å². The lowest BCUT2D eigenvalue weighted by molar-refractivity contribution is -0.117. The highest BCUT2D eigenvalue weighted by Crippen LogP contribution is 2.23. The Morgan fingerprint density at radius 3 is 2.77 bits per heavy atom. The van der Waals surface area contributed by atoms with E-state index in [2.05, 4.69) is 26.8 Å². The molecule has 0 atom stereocenters. The van der Waals surface area contributed by atoms with Crippen molar-refractivity contribution < 1.29 is 18.7 Å². The molecule has 2 amide bonds. The molecule has 0 spiro atoms. The SMILES string of the molecule is COc1ccc(Br)cc1/C=C/C(=O)NNC(=O)c1ccco1. The smallest absolute Gasteiger partial charge is 0.305 e. The molecular weight excluding hydrogens is 352 g/mol. The maximum absolute atomic E-state index is 11.7. The number of methoxy groups -OCH3 is 1. The van der Waals surface area contributed by atoms with Gasteiger partial charge in [0.05, 0.1) is 13.4 Å². The van der Waals surface area contributed by atoms with E-state index >= 15 is 0 Å². The Morgan fingerprint density at radius 2 is 2.09 bits per heavy atom. The zero-order valence-corrected chi connectivity index (χ0v) is 13.2. The van der Waals surface area contributed by atoms with Gasteiger partial charge in [-0.15, -0.1) is 0 Å². The van der Waals surface area contributed by atoms with E-state index in [1.807, 2.05) is 12.1 Å². The van der Waals surface area contributed by atoms with E-state index in [4.69, 9.17) is 9.15 Å². The van der Waals surface area contributed by atoms with Gasteiger partial charge in [0.15, 0.2) is 5.76 Å². The Morgan fingerprint density at radius 1 is 1.27 bits per heavy atom. The molecule has 1 heterocycles. The molecule has 0 saturated carbocycles. The summed E-state index contributed by atoms with van der Waals surface area (Å²) >= 11 is 3.35. The minimum absolute atomic E-state index is 0.109. The molecule has 0 aliphatic rings. The monoisotopic (exact) mass is 364 g/mol. The highest BCUT2D eigenvalue weighted by Gasteiger charge is 2.08. The van der Waals surface area contributed by atoms with Gasteiger partial charge < -0.3 is 9.15 Å². The first-order valence-corrected chi connectivity index (χ1v) is 7.05. The third-order valence-corrected chi connectivity index (χ3v) is 3.14. The standard InChI is InChI=1S/C15H13BrN2O4/c1-21-12-6-5-11(16)9-10(12)4-7-14(19)17-18-15(20)13-3-2-8-22-13/h2-9H,1H3,(H,17,19)(H,18,20)/b7-4+. The molecule has 0 fully saturated rings. The summed E-state index contributed by atoms with van der Waals surface area (Å²) in [6, 6.07) is 8.49. The van der Waals surface area contributed by atoms with Crippen LogP contribution in [0.4, 0.5) is 0 Å². The van der Waals surface area contributed by atoms with Crippen molar-refractivity contribution in [2.24, 2.45) is 0 Å². The zero-order valence-electron chi connectivity index (χ0n) is 11.6. The lowest BCUT2D eigenvalue weighted by Crippen LogP contribution is -2.40. The number of ether oxygens (including phenoxy) is 1. The molecule has 1 aromatic carbocycles. The lowest BCUT2D eigenvalue weighted by atomic mass is 10.2. The first-order chi connectivity index (χ1) is 10.6. The summed E-state index contributed by atoms with van der Waals surface area (Å²) in [5, 5.41) is 0. The third-order valence-electron chi connectivity index (χ3n) is 2.65. The maximum Gasteiger partial charge on any atom is 0.305 e. The largest absolute Gasteiger partial charge is 0.496 e. The predicted octanol–water partition coefficient (Wildman–Crippen LogP) is 2.53. The minimum atomic E-state index is -0.535. The van der Waals surface area contributed by atoms with Crippen LogP contribution in [-0.4, -0.2) is 18.9 Å². The van der Waals surface area contributed by atoms with Gasteiger partial charge in [0.25, 0.3) is 5.91 Å². The van der Waals surface area contributed by atoms with E-state index in [-0.39, 0.29) is 5.76 Å². The van der Waals surface area contributed by atoms with Gasteiger partial charge in [-0.05, 0) is 36.4 Å². The Bertz CT molecular complexity index is 696. The number of nitrogens with one attached hydrogen (secondary N) is 2. The van der Waals surface area contributed by atoms with Gasteiger partial charge in [0.2, 0.25) is 0 Å². The first kappa shape index (κ1) is 15.8. The average Bonchev–Trinajstić information content (AvgIpc) is 3.05. The van der Waals surface area contributed by atoms with Gasteiger partial charge in [-0.2, -0.15) is 0 Å². The molecule has 2 N–H and O–H groups in total. The summed E-state index contributed by atoms with van der Waals surface area (Å²) in [5.41, 5.74) is 5.22. The van der Waals surface area contributed by atoms with Crippen LogP contribution in [0.25, 0.3) is 6.08 Å². The number of hydrogen-bond donors (Lipinski definition) is 2. The van der Waals surface area contributed by atoms with Crippen LogP contribution in [0.15, 0.2) is 51.6 Å². The predicted molar refractivity (Wildman–Crippen MR) is 84.0 cm³/mol.